The molecule has 0 fully saturated rings. The molecule has 0 aliphatic heterocycles. The molecule has 0 saturated carbocycles. The van der Waals surface area contributed by atoms with E-state index < -0.39 is 5.97 Å². The van der Waals surface area contributed by atoms with Crippen molar-refractivity contribution in [3.8, 4) is 0 Å². The Morgan fingerprint density at radius 1 is 1.25 bits per heavy atom. The highest BCUT2D eigenvalue weighted by atomic mass is 127. The molecule has 0 aliphatic carbocycles. The first-order valence-electron chi connectivity index (χ1n) is 4.84. The largest absolute Gasteiger partial charge is 0.481 e. The van der Waals surface area contributed by atoms with Crippen LogP contribution in [0.25, 0.3) is 0 Å². The molecule has 0 saturated heterocycles. The number of halogens is 3. The molecule has 0 heterocycles. The average Bonchev–Trinajstić information content (AvgIpc) is 2.16. The maximum atomic E-state index is 10.6. The Morgan fingerprint density at radius 3 is 2.31 bits per heavy atom. The predicted octanol–water partition coefficient (Wildman–Crippen LogP) is 4.08. The fraction of sp³-hybridized carbons (Fsp3) is 0.364. The van der Waals surface area contributed by atoms with Crippen LogP contribution in [0.5, 0.6) is 0 Å². The van der Waals surface area contributed by atoms with Crippen LogP contribution >= 0.6 is 67.8 Å². The van der Waals surface area contributed by atoms with Crippen LogP contribution in [-0.2, 0) is 17.6 Å². The second-order valence-electron chi connectivity index (χ2n) is 3.36. The first-order chi connectivity index (χ1) is 7.47. The molecular weight excluding hydrogens is 545 g/mol. The Kier molecular flexibility index (Phi) is 6.27. The average molecular weight is 556 g/mol. The summed E-state index contributed by atoms with van der Waals surface area (Å²) in [6, 6.07) is 2.14. The molecule has 0 unspecified atom stereocenters. The van der Waals surface area contributed by atoms with Gasteiger partial charge in [0.2, 0.25) is 0 Å². The van der Waals surface area contributed by atoms with E-state index in [0.717, 1.165) is 6.42 Å². The third kappa shape index (κ3) is 3.69. The minimum Gasteiger partial charge on any atom is -0.481 e. The highest BCUT2D eigenvalue weighted by Crippen LogP contribution is 2.28. The van der Waals surface area contributed by atoms with Crippen LogP contribution in [0, 0.1) is 10.7 Å². The summed E-state index contributed by atoms with van der Waals surface area (Å²) < 4.78 is 3.68. The zero-order valence-corrected chi connectivity index (χ0v) is 15.2. The molecule has 2 nitrogen and oxygen atoms in total. The number of hydrogen-bond acceptors (Lipinski definition) is 1. The van der Waals surface area contributed by atoms with Gasteiger partial charge in [0.15, 0.2) is 0 Å². The number of rotatable bonds is 4. The Balaban J connectivity index is 3.12. The van der Waals surface area contributed by atoms with Crippen LogP contribution in [0.3, 0.4) is 0 Å². The number of carbonyl (C=O) groups is 1. The molecule has 16 heavy (non-hydrogen) atoms. The molecule has 1 N–H and O–H groups in total. The van der Waals surface area contributed by atoms with Crippen LogP contribution in [0.4, 0.5) is 0 Å². The van der Waals surface area contributed by atoms with Crippen molar-refractivity contribution < 1.29 is 9.90 Å². The molecule has 0 radical (unpaired) electrons. The fourth-order valence-corrected chi connectivity index (χ4v) is 6.14. The summed E-state index contributed by atoms with van der Waals surface area (Å²) in [5.41, 5.74) is 2.52. The third-order valence-corrected chi connectivity index (χ3v) is 5.53. The number of hydrogen-bond donors (Lipinski definition) is 1. The SMILES string of the molecule is CCc1c(I)cc(I)c(CCC(=O)O)c1I. The monoisotopic (exact) mass is 556 g/mol. The highest BCUT2D eigenvalue weighted by Gasteiger charge is 2.13. The van der Waals surface area contributed by atoms with Gasteiger partial charge in [0.1, 0.15) is 0 Å². The minimum atomic E-state index is -0.733. The molecular formula is C11H11I3O2. The second kappa shape index (κ2) is 6.72. The van der Waals surface area contributed by atoms with Gasteiger partial charge >= 0.3 is 5.97 Å². The summed E-state index contributed by atoms with van der Waals surface area (Å²) in [6.45, 7) is 2.13. The first kappa shape index (κ1) is 14.9. The van der Waals surface area contributed by atoms with Crippen molar-refractivity contribution in [2.45, 2.75) is 26.2 Å². The fourth-order valence-electron chi connectivity index (χ4n) is 1.46. The maximum absolute atomic E-state index is 10.6. The van der Waals surface area contributed by atoms with Gasteiger partial charge in [-0.15, -0.1) is 0 Å². The van der Waals surface area contributed by atoms with Gasteiger partial charge < -0.3 is 5.11 Å². The van der Waals surface area contributed by atoms with Crippen LogP contribution in [-0.4, -0.2) is 11.1 Å². The van der Waals surface area contributed by atoms with E-state index in [2.05, 4.69) is 80.8 Å². The Hall–Kier alpha value is 0.880. The predicted molar refractivity (Wildman–Crippen MR) is 89.9 cm³/mol. The minimum absolute atomic E-state index is 0.204. The zero-order valence-electron chi connectivity index (χ0n) is 8.69. The van der Waals surface area contributed by atoms with E-state index in [-0.39, 0.29) is 6.42 Å². The van der Waals surface area contributed by atoms with Crippen LogP contribution in [0.1, 0.15) is 24.5 Å². The molecule has 0 atom stereocenters. The Labute approximate surface area is 136 Å². The van der Waals surface area contributed by atoms with Gasteiger partial charge in [-0.3, -0.25) is 4.79 Å². The van der Waals surface area contributed by atoms with Crippen molar-refractivity contribution in [2.24, 2.45) is 0 Å². The van der Waals surface area contributed by atoms with Crippen LogP contribution < -0.4 is 0 Å². The summed E-state index contributed by atoms with van der Waals surface area (Å²) in [7, 11) is 0. The van der Waals surface area contributed by atoms with Gasteiger partial charge in [-0.25, -0.2) is 0 Å². The molecule has 5 heteroatoms. The van der Waals surface area contributed by atoms with Gasteiger partial charge in [0.05, 0.1) is 0 Å². The maximum Gasteiger partial charge on any atom is 0.303 e. The summed E-state index contributed by atoms with van der Waals surface area (Å²) in [4.78, 5) is 10.6. The lowest BCUT2D eigenvalue weighted by Gasteiger charge is -2.12. The van der Waals surface area contributed by atoms with E-state index in [1.165, 1.54) is 21.8 Å². The van der Waals surface area contributed by atoms with E-state index in [9.17, 15) is 4.79 Å². The molecule has 88 valence electrons. The van der Waals surface area contributed by atoms with Crippen molar-refractivity contribution in [3.05, 3.63) is 27.9 Å². The van der Waals surface area contributed by atoms with Gasteiger partial charge in [-0.05, 0) is 97.8 Å². The van der Waals surface area contributed by atoms with Gasteiger partial charge in [-0.2, -0.15) is 0 Å². The summed E-state index contributed by atoms with van der Waals surface area (Å²) in [5, 5.41) is 8.73. The van der Waals surface area contributed by atoms with Crippen LogP contribution in [0.2, 0.25) is 0 Å². The van der Waals surface area contributed by atoms with E-state index >= 15 is 0 Å². The van der Waals surface area contributed by atoms with Crippen molar-refractivity contribution in [1.82, 2.24) is 0 Å². The Bertz CT molecular complexity index is 416. The molecule has 1 aromatic carbocycles. The van der Waals surface area contributed by atoms with E-state index in [0.29, 0.717) is 6.42 Å². The Morgan fingerprint density at radius 2 is 1.81 bits per heavy atom. The normalized spacial score (nSPS) is 10.5. The van der Waals surface area contributed by atoms with Gasteiger partial charge in [-0.1, -0.05) is 6.92 Å². The summed E-state index contributed by atoms with van der Waals surface area (Å²) >= 11 is 6.97. The molecule has 1 rings (SSSR count). The topological polar surface area (TPSA) is 37.3 Å². The van der Waals surface area contributed by atoms with E-state index in [1.54, 1.807) is 0 Å². The van der Waals surface area contributed by atoms with Crippen molar-refractivity contribution in [1.29, 1.82) is 0 Å². The zero-order chi connectivity index (χ0) is 12.3. The smallest absolute Gasteiger partial charge is 0.303 e. The molecule has 0 spiro atoms. The lowest BCUT2D eigenvalue weighted by atomic mass is 10.1. The van der Waals surface area contributed by atoms with E-state index in [1.807, 2.05) is 0 Å². The van der Waals surface area contributed by atoms with Crippen molar-refractivity contribution >= 4 is 73.7 Å². The quantitative estimate of drug-likeness (QED) is 0.569. The number of carboxylic acid groups (broad SMARTS) is 1. The molecule has 0 aliphatic rings. The highest BCUT2D eigenvalue weighted by molar-refractivity contribution is 14.1. The number of benzene rings is 1. The molecule has 0 aromatic heterocycles. The number of aliphatic carboxylic acids is 1. The van der Waals surface area contributed by atoms with Gasteiger partial charge in [0, 0.05) is 17.1 Å². The number of carboxylic acids is 1. The summed E-state index contributed by atoms with van der Waals surface area (Å²) in [5.74, 6) is -0.733. The van der Waals surface area contributed by atoms with E-state index in [4.69, 9.17) is 5.11 Å². The van der Waals surface area contributed by atoms with Crippen LogP contribution in [0.15, 0.2) is 6.07 Å². The first-order valence-corrected chi connectivity index (χ1v) is 8.08. The molecule has 0 bridgehead atoms. The molecule has 1 aromatic rings. The van der Waals surface area contributed by atoms with Crippen molar-refractivity contribution in [2.75, 3.05) is 0 Å². The second-order valence-corrected chi connectivity index (χ2v) is 6.76. The lowest BCUT2D eigenvalue weighted by Crippen LogP contribution is -2.05. The third-order valence-electron chi connectivity index (χ3n) is 2.30. The summed E-state index contributed by atoms with van der Waals surface area (Å²) in [6.07, 6.45) is 1.82. The van der Waals surface area contributed by atoms with Gasteiger partial charge in [0.25, 0.3) is 0 Å². The lowest BCUT2D eigenvalue weighted by molar-refractivity contribution is -0.136. The molecule has 0 amide bonds. The standard InChI is InChI=1S/C11H11I3O2/c1-2-6-8(12)5-9(13)7(11(6)14)3-4-10(15)16/h5H,2-4H2,1H3,(H,15,16). The van der Waals surface area contributed by atoms with Crippen molar-refractivity contribution in [3.63, 3.8) is 0 Å².